The van der Waals surface area contributed by atoms with Crippen molar-refractivity contribution in [1.82, 2.24) is 4.31 Å². The molecule has 1 saturated carbocycles. The van der Waals surface area contributed by atoms with Gasteiger partial charge in [0, 0.05) is 25.3 Å². The summed E-state index contributed by atoms with van der Waals surface area (Å²) < 4.78 is 32.3. The largest absolute Gasteiger partial charge is 0.383 e. The molecule has 21 heavy (non-hydrogen) atoms. The van der Waals surface area contributed by atoms with Crippen molar-refractivity contribution >= 4 is 10.0 Å². The lowest BCUT2D eigenvalue weighted by molar-refractivity contribution is 0.177. The van der Waals surface area contributed by atoms with Crippen molar-refractivity contribution in [2.45, 2.75) is 23.8 Å². The molecule has 2 rings (SSSR count). The van der Waals surface area contributed by atoms with E-state index in [2.05, 4.69) is 11.8 Å². The van der Waals surface area contributed by atoms with Gasteiger partial charge in [0.25, 0.3) is 0 Å². The molecule has 5 nitrogen and oxygen atoms in total. The fraction of sp³-hybridized carbons (Fsp3) is 0.467. The Balaban J connectivity index is 2.37. The first-order valence-corrected chi connectivity index (χ1v) is 8.34. The Bertz CT molecular complexity index is 642. The fourth-order valence-electron chi connectivity index (χ4n) is 2.11. The van der Waals surface area contributed by atoms with E-state index >= 15 is 0 Å². The van der Waals surface area contributed by atoms with E-state index < -0.39 is 10.0 Å². The van der Waals surface area contributed by atoms with Crippen LogP contribution in [0.25, 0.3) is 0 Å². The second-order valence-corrected chi connectivity index (χ2v) is 6.70. The molecule has 0 heterocycles. The number of rotatable bonds is 6. The summed E-state index contributed by atoms with van der Waals surface area (Å²) in [7, 11) is -1.99. The molecule has 0 saturated heterocycles. The van der Waals surface area contributed by atoms with E-state index in [-0.39, 0.29) is 17.5 Å². The Morgan fingerprint density at radius 2 is 2.10 bits per heavy atom. The topological polar surface area (TPSA) is 72.6 Å². The third kappa shape index (κ3) is 3.83. The van der Waals surface area contributed by atoms with E-state index in [1.807, 2.05) is 0 Å². The quantitative estimate of drug-likeness (QED) is 0.789. The fourth-order valence-corrected chi connectivity index (χ4v) is 3.93. The lowest BCUT2D eigenvalue weighted by atomic mass is 10.2. The molecular formula is C15H20N2O3S. The van der Waals surface area contributed by atoms with Crippen molar-refractivity contribution in [3.63, 3.8) is 0 Å². The van der Waals surface area contributed by atoms with E-state index in [9.17, 15) is 8.42 Å². The molecule has 1 aliphatic carbocycles. The van der Waals surface area contributed by atoms with Crippen molar-refractivity contribution in [3.05, 3.63) is 29.8 Å². The molecule has 114 valence electrons. The average Bonchev–Trinajstić information content (AvgIpc) is 3.30. The third-order valence-electron chi connectivity index (χ3n) is 3.27. The molecule has 0 bridgehead atoms. The molecule has 1 aromatic carbocycles. The standard InChI is InChI=1S/C15H20N2O3S/c1-20-12-11-17(14-8-9-14)21(18,19)15-7-3-2-5-13(15)6-4-10-16/h2-3,5,7,14H,8-12,16H2,1H3. The Morgan fingerprint density at radius 3 is 2.71 bits per heavy atom. The highest BCUT2D eigenvalue weighted by Gasteiger charge is 2.38. The number of hydrogen-bond donors (Lipinski definition) is 1. The van der Waals surface area contributed by atoms with Crippen molar-refractivity contribution in [3.8, 4) is 11.8 Å². The third-order valence-corrected chi connectivity index (χ3v) is 5.28. The van der Waals surface area contributed by atoms with Crippen molar-refractivity contribution in [2.75, 3.05) is 26.8 Å². The minimum absolute atomic E-state index is 0.0840. The number of sulfonamides is 1. The van der Waals surface area contributed by atoms with Gasteiger partial charge in [0.2, 0.25) is 10.0 Å². The predicted molar refractivity (Wildman–Crippen MR) is 81.2 cm³/mol. The Labute approximate surface area is 126 Å². The summed E-state index contributed by atoms with van der Waals surface area (Å²) in [5.41, 5.74) is 5.86. The van der Waals surface area contributed by atoms with Gasteiger partial charge in [-0.1, -0.05) is 24.0 Å². The van der Waals surface area contributed by atoms with Gasteiger partial charge in [0.15, 0.2) is 0 Å². The maximum absolute atomic E-state index is 12.9. The van der Waals surface area contributed by atoms with Crippen molar-refractivity contribution in [1.29, 1.82) is 0 Å². The summed E-state index contributed by atoms with van der Waals surface area (Å²) in [5.74, 6) is 5.55. The van der Waals surface area contributed by atoms with Crippen LogP contribution in [0.1, 0.15) is 18.4 Å². The number of methoxy groups -OCH3 is 1. The van der Waals surface area contributed by atoms with Gasteiger partial charge in [-0.3, -0.25) is 0 Å². The second-order valence-electron chi connectivity index (χ2n) is 4.84. The van der Waals surface area contributed by atoms with E-state index in [1.165, 1.54) is 4.31 Å². The van der Waals surface area contributed by atoms with Gasteiger partial charge < -0.3 is 10.5 Å². The lowest BCUT2D eigenvalue weighted by Gasteiger charge is -2.22. The normalized spacial score (nSPS) is 14.8. The molecule has 6 heteroatoms. The maximum atomic E-state index is 12.9. The average molecular weight is 308 g/mol. The van der Waals surface area contributed by atoms with Crippen LogP contribution in [-0.4, -0.2) is 45.6 Å². The highest BCUT2D eigenvalue weighted by molar-refractivity contribution is 7.89. The van der Waals surface area contributed by atoms with Gasteiger partial charge in [0.1, 0.15) is 0 Å². The van der Waals surface area contributed by atoms with Crippen LogP contribution in [0.4, 0.5) is 0 Å². The maximum Gasteiger partial charge on any atom is 0.244 e. The van der Waals surface area contributed by atoms with Crippen LogP contribution in [0.2, 0.25) is 0 Å². The molecule has 0 aromatic heterocycles. The zero-order chi connectivity index (χ0) is 15.3. The molecule has 0 aliphatic heterocycles. The summed E-state index contributed by atoms with van der Waals surface area (Å²) in [6.45, 7) is 0.943. The van der Waals surface area contributed by atoms with Crippen LogP contribution < -0.4 is 5.73 Å². The van der Waals surface area contributed by atoms with E-state index in [1.54, 1.807) is 31.4 Å². The van der Waals surface area contributed by atoms with Gasteiger partial charge in [-0.2, -0.15) is 4.31 Å². The molecule has 1 fully saturated rings. The van der Waals surface area contributed by atoms with Gasteiger partial charge in [-0.25, -0.2) is 8.42 Å². The number of nitrogens with two attached hydrogens (primary N) is 1. The molecule has 0 unspecified atom stereocenters. The molecule has 0 radical (unpaired) electrons. The van der Waals surface area contributed by atoms with Gasteiger partial charge in [0.05, 0.1) is 18.0 Å². The molecule has 1 aromatic rings. The zero-order valence-corrected chi connectivity index (χ0v) is 12.9. The highest BCUT2D eigenvalue weighted by atomic mass is 32.2. The first-order chi connectivity index (χ1) is 10.1. The summed E-state index contributed by atoms with van der Waals surface area (Å²) >= 11 is 0. The monoisotopic (exact) mass is 308 g/mol. The van der Waals surface area contributed by atoms with Crippen LogP contribution in [0, 0.1) is 11.8 Å². The number of ether oxygens (including phenoxy) is 1. The van der Waals surface area contributed by atoms with Crippen molar-refractivity contribution < 1.29 is 13.2 Å². The molecule has 2 N–H and O–H groups in total. The summed E-state index contributed by atoms with van der Waals surface area (Å²) in [4.78, 5) is 0.244. The smallest absolute Gasteiger partial charge is 0.244 e. The summed E-state index contributed by atoms with van der Waals surface area (Å²) in [6, 6.07) is 6.87. The molecular weight excluding hydrogens is 288 g/mol. The molecule has 0 atom stereocenters. The Morgan fingerprint density at radius 1 is 1.38 bits per heavy atom. The number of hydrogen-bond acceptors (Lipinski definition) is 4. The van der Waals surface area contributed by atoms with Crippen LogP contribution >= 0.6 is 0 Å². The van der Waals surface area contributed by atoms with E-state index in [0.717, 1.165) is 12.8 Å². The van der Waals surface area contributed by atoms with Crippen LogP contribution in [-0.2, 0) is 14.8 Å². The lowest BCUT2D eigenvalue weighted by Crippen LogP contribution is -2.36. The highest BCUT2D eigenvalue weighted by Crippen LogP contribution is 2.32. The molecule has 0 amide bonds. The van der Waals surface area contributed by atoms with Gasteiger partial charge in [-0.05, 0) is 25.0 Å². The van der Waals surface area contributed by atoms with E-state index in [0.29, 0.717) is 18.7 Å². The van der Waals surface area contributed by atoms with Crippen molar-refractivity contribution in [2.24, 2.45) is 5.73 Å². The number of nitrogens with zero attached hydrogens (tertiary/aromatic N) is 1. The molecule has 0 spiro atoms. The Hall–Kier alpha value is -1.39. The summed E-state index contributed by atoms with van der Waals surface area (Å²) in [6.07, 6.45) is 1.80. The van der Waals surface area contributed by atoms with Crippen LogP contribution in [0.15, 0.2) is 29.2 Å². The number of benzene rings is 1. The predicted octanol–water partition coefficient (Wildman–Crippen LogP) is 0.796. The van der Waals surface area contributed by atoms with Gasteiger partial charge in [-0.15, -0.1) is 0 Å². The van der Waals surface area contributed by atoms with Crippen LogP contribution in [0.3, 0.4) is 0 Å². The molecule has 1 aliphatic rings. The first-order valence-electron chi connectivity index (χ1n) is 6.90. The van der Waals surface area contributed by atoms with Gasteiger partial charge >= 0.3 is 0 Å². The minimum Gasteiger partial charge on any atom is -0.383 e. The Kier molecular flexibility index (Phi) is 5.37. The SMILES string of the molecule is COCCN(C1CC1)S(=O)(=O)c1ccccc1C#CCN. The zero-order valence-electron chi connectivity index (χ0n) is 12.1. The summed E-state index contributed by atoms with van der Waals surface area (Å²) in [5, 5.41) is 0. The van der Waals surface area contributed by atoms with E-state index in [4.69, 9.17) is 10.5 Å². The van der Waals surface area contributed by atoms with Crippen LogP contribution in [0.5, 0.6) is 0 Å². The minimum atomic E-state index is -3.56. The second kappa shape index (κ2) is 7.05. The first kappa shape index (κ1) is 16.0.